The van der Waals surface area contributed by atoms with Crippen LogP contribution in [0.4, 0.5) is 0 Å². The second-order valence-corrected chi connectivity index (χ2v) is 4.36. The van der Waals surface area contributed by atoms with Crippen molar-refractivity contribution in [3.63, 3.8) is 0 Å². The van der Waals surface area contributed by atoms with Gasteiger partial charge in [0.25, 0.3) is 0 Å². The average Bonchev–Trinajstić information content (AvgIpc) is 2.31. The SMILES string of the molecule is CCCC(CO[SiH3])(N=C=O)c1ccccc1. The predicted molar refractivity (Wildman–Crippen MR) is 67.0 cm³/mol. The van der Waals surface area contributed by atoms with E-state index in [2.05, 4.69) is 11.9 Å². The van der Waals surface area contributed by atoms with Crippen LogP contribution in [-0.4, -0.2) is 23.2 Å². The Morgan fingerprint density at radius 3 is 2.62 bits per heavy atom. The first-order valence-electron chi connectivity index (χ1n) is 5.42. The molecule has 1 aromatic carbocycles. The molecule has 4 heteroatoms. The summed E-state index contributed by atoms with van der Waals surface area (Å²) in [5.74, 6) is 0. The van der Waals surface area contributed by atoms with Gasteiger partial charge in [0.05, 0.1) is 6.61 Å². The Bertz CT molecular complexity index is 355. The van der Waals surface area contributed by atoms with Crippen LogP contribution < -0.4 is 0 Å². The second kappa shape index (κ2) is 6.38. The lowest BCUT2D eigenvalue weighted by molar-refractivity contribution is 0.224. The minimum absolute atomic E-state index is 0.465. The summed E-state index contributed by atoms with van der Waals surface area (Å²) in [4.78, 5) is 14.6. The first-order valence-corrected chi connectivity index (χ1v) is 6.24. The van der Waals surface area contributed by atoms with Crippen molar-refractivity contribution < 1.29 is 9.22 Å². The van der Waals surface area contributed by atoms with Gasteiger partial charge in [0.1, 0.15) is 16.0 Å². The van der Waals surface area contributed by atoms with E-state index in [4.69, 9.17) is 4.43 Å². The first kappa shape index (κ1) is 12.8. The molecular formula is C12H17NO2Si. The molecule has 0 aliphatic carbocycles. The van der Waals surface area contributed by atoms with E-state index in [0.717, 1.165) is 18.4 Å². The fraction of sp³-hybridized carbons (Fsp3) is 0.417. The molecule has 0 aromatic heterocycles. The standard InChI is InChI=1S/C12H17NO2Si/c1-2-8-12(9-15-16,13-10-14)11-6-4-3-5-7-11/h3-7H,2,8-9H2,1,16H3. The van der Waals surface area contributed by atoms with Crippen LogP contribution >= 0.6 is 0 Å². The Kier molecular flexibility index (Phi) is 5.12. The molecule has 1 aromatic rings. The topological polar surface area (TPSA) is 38.7 Å². The number of isocyanates is 1. The maximum absolute atomic E-state index is 10.6. The van der Waals surface area contributed by atoms with Gasteiger partial charge in [-0.15, -0.1) is 0 Å². The van der Waals surface area contributed by atoms with Gasteiger partial charge in [-0.25, -0.2) is 4.79 Å². The zero-order valence-corrected chi connectivity index (χ0v) is 11.8. The normalized spacial score (nSPS) is 14.1. The lowest BCUT2D eigenvalue weighted by atomic mass is 9.87. The highest BCUT2D eigenvalue weighted by Gasteiger charge is 2.30. The summed E-state index contributed by atoms with van der Waals surface area (Å²) in [6.45, 7) is 2.54. The summed E-state index contributed by atoms with van der Waals surface area (Å²) in [7, 11) is 0.645. The lowest BCUT2D eigenvalue weighted by Gasteiger charge is -2.27. The number of benzene rings is 1. The lowest BCUT2D eigenvalue weighted by Crippen LogP contribution is -2.29. The Hall–Kier alpha value is -1.22. The van der Waals surface area contributed by atoms with Crippen molar-refractivity contribution in [1.82, 2.24) is 0 Å². The van der Waals surface area contributed by atoms with Crippen LogP contribution in [0, 0.1) is 0 Å². The number of nitrogens with zero attached hydrogens (tertiary/aromatic N) is 1. The quantitative estimate of drug-likeness (QED) is 0.424. The van der Waals surface area contributed by atoms with Gasteiger partial charge in [-0.05, 0) is 12.0 Å². The largest absolute Gasteiger partial charge is 0.425 e. The maximum Gasteiger partial charge on any atom is 0.235 e. The van der Waals surface area contributed by atoms with Crippen LogP contribution in [-0.2, 0) is 14.8 Å². The van der Waals surface area contributed by atoms with E-state index in [-0.39, 0.29) is 0 Å². The van der Waals surface area contributed by atoms with Gasteiger partial charge >= 0.3 is 0 Å². The number of carbonyl (C=O) groups excluding carboxylic acids is 1. The fourth-order valence-corrected chi connectivity index (χ4v) is 2.42. The van der Waals surface area contributed by atoms with Crippen molar-refractivity contribution in [2.75, 3.05) is 6.61 Å². The Morgan fingerprint density at radius 1 is 1.44 bits per heavy atom. The molecule has 0 saturated carbocycles. The van der Waals surface area contributed by atoms with Crippen molar-refractivity contribution in [1.29, 1.82) is 0 Å². The zero-order valence-electron chi connectivity index (χ0n) is 9.77. The molecule has 3 nitrogen and oxygen atoms in total. The van der Waals surface area contributed by atoms with E-state index in [9.17, 15) is 4.79 Å². The van der Waals surface area contributed by atoms with Crippen molar-refractivity contribution in [3.05, 3.63) is 35.9 Å². The molecular weight excluding hydrogens is 218 g/mol. The molecule has 0 N–H and O–H groups in total. The van der Waals surface area contributed by atoms with Gasteiger partial charge < -0.3 is 4.43 Å². The van der Waals surface area contributed by atoms with Gasteiger partial charge in [0.2, 0.25) is 6.08 Å². The van der Waals surface area contributed by atoms with Gasteiger partial charge in [-0.1, -0.05) is 43.7 Å². The van der Waals surface area contributed by atoms with Gasteiger partial charge in [0.15, 0.2) is 0 Å². The Balaban J connectivity index is 3.14. The van der Waals surface area contributed by atoms with Crippen molar-refractivity contribution in [3.8, 4) is 0 Å². The van der Waals surface area contributed by atoms with Crippen LogP contribution in [0.2, 0.25) is 0 Å². The van der Waals surface area contributed by atoms with Crippen LogP contribution in [0.1, 0.15) is 25.3 Å². The van der Waals surface area contributed by atoms with E-state index in [1.54, 1.807) is 6.08 Å². The molecule has 86 valence electrons. The summed E-state index contributed by atoms with van der Waals surface area (Å²) in [5, 5.41) is 0. The highest BCUT2D eigenvalue weighted by molar-refractivity contribution is 5.98. The summed E-state index contributed by atoms with van der Waals surface area (Å²) < 4.78 is 5.33. The molecule has 0 fully saturated rings. The van der Waals surface area contributed by atoms with Crippen LogP contribution in [0.15, 0.2) is 35.3 Å². The zero-order chi connectivity index (χ0) is 11.9. The van der Waals surface area contributed by atoms with Gasteiger partial charge in [0, 0.05) is 0 Å². The van der Waals surface area contributed by atoms with E-state index in [1.165, 1.54) is 0 Å². The number of rotatable bonds is 6. The summed E-state index contributed by atoms with van der Waals surface area (Å²) in [6, 6.07) is 9.82. The minimum atomic E-state index is -0.542. The average molecular weight is 235 g/mol. The van der Waals surface area contributed by atoms with E-state index in [1.807, 2.05) is 30.3 Å². The van der Waals surface area contributed by atoms with Crippen molar-refractivity contribution in [2.45, 2.75) is 25.3 Å². The molecule has 1 atom stereocenters. The molecule has 0 spiro atoms. The smallest absolute Gasteiger partial charge is 0.235 e. The highest BCUT2D eigenvalue weighted by Crippen LogP contribution is 2.30. The number of aliphatic imine (C=N–C) groups is 1. The third-order valence-electron chi connectivity index (χ3n) is 2.62. The van der Waals surface area contributed by atoms with E-state index < -0.39 is 5.54 Å². The Labute approximate surface area is 99.1 Å². The van der Waals surface area contributed by atoms with Crippen LogP contribution in [0.25, 0.3) is 0 Å². The van der Waals surface area contributed by atoms with Gasteiger partial charge in [-0.3, -0.25) is 0 Å². The van der Waals surface area contributed by atoms with E-state index >= 15 is 0 Å². The summed E-state index contributed by atoms with van der Waals surface area (Å²) in [6.07, 6.45) is 3.44. The third kappa shape index (κ3) is 2.89. The highest BCUT2D eigenvalue weighted by atomic mass is 28.2. The number of hydrogen-bond acceptors (Lipinski definition) is 3. The molecule has 0 heterocycles. The molecule has 1 rings (SSSR count). The maximum atomic E-state index is 10.6. The third-order valence-corrected chi connectivity index (χ3v) is 2.91. The van der Waals surface area contributed by atoms with Crippen LogP contribution in [0.5, 0.6) is 0 Å². The first-order chi connectivity index (χ1) is 7.79. The molecule has 0 radical (unpaired) electrons. The Morgan fingerprint density at radius 2 is 2.12 bits per heavy atom. The fourth-order valence-electron chi connectivity index (χ4n) is 1.94. The van der Waals surface area contributed by atoms with Gasteiger partial charge in [-0.2, -0.15) is 4.99 Å². The van der Waals surface area contributed by atoms with Crippen LogP contribution in [0.3, 0.4) is 0 Å². The molecule has 0 bridgehead atoms. The second-order valence-electron chi connectivity index (χ2n) is 3.78. The molecule has 1 unspecified atom stereocenters. The van der Waals surface area contributed by atoms with Crippen molar-refractivity contribution in [2.24, 2.45) is 4.99 Å². The molecule has 0 aliphatic rings. The molecule has 0 aliphatic heterocycles. The van der Waals surface area contributed by atoms with E-state index in [0.29, 0.717) is 17.1 Å². The predicted octanol–water partition coefficient (Wildman–Crippen LogP) is 1.31. The molecule has 16 heavy (non-hydrogen) atoms. The summed E-state index contributed by atoms with van der Waals surface area (Å²) >= 11 is 0. The molecule has 0 amide bonds. The minimum Gasteiger partial charge on any atom is -0.425 e. The molecule has 0 saturated heterocycles. The summed E-state index contributed by atoms with van der Waals surface area (Å²) in [5.41, 5.74) is 0.482. The van der Waals surface area contributed by atoms with Crippen molar-refractivity contribution >= 4 is 16.6 Å². The number of hydrogen-bond donors (Lipinski definition) is 0. The monoisotopic (exact) mass is 235 g/mol.